The summed E-state index contributed by atoms with van der Waals surface area (Å²) in [6.45, 7) is 1.40. The van der Waals surface area contributed by atoms with Crippen molar-refractivity contribution in [1.29, 1.82) is 0 Å². The number of benzene rings is 4. The zero-order valence-corrected chi connectivity index (χ0v) is 24.2. The van der Waals surface area contributed by atoms with E-state index in [0.717, 1.165) is 5.56 Å². The van der Waals surface area contributed by atoms with Gasteiger partial charge in [-0.25, -0.2) is 13.8 Å². The largest absolute Gasteiger partial charge is 0.324 e. The van der Waals surface area contributed by atoms with Crippen LogP contribution < -0.4 is 16.0 Å². The van der Waals surface area contributed by atoms with Crippen LogP contribution >= 0.6 is 0 Å². The quantitative estimate of drug-likeness (QED) is 0.117. The minimum Gasteiger partial charge on any atom is -0.324 e. The molecule has 4 aromatic carbocycles. The molecule has 0 saturated heterocycles. The van der Waals surface area contributed by atoms with Gasteiger partial charge in [0.1, 0.15) is 11.6 Å². The fourth-order valence-electron chi connectivity index (χ4n) is 4.82. The SMILES string of the molecule is CC(=O)N1N=C(c2ccc(Nc3nc(Nc4ccc(F)cc4)nc(Nc4ccc(F)cc4)n3)cc2)CC1c1cccc([N+](=O)[O-])c1. The Kier molecular flexibility index (Phi) is 8.24. The van der Waals surface area contributed by atoms with Gasteiger partial charge in [0.15, 0.2) is 0 Å². The summed E-state index contributed by atoms with van der Waals surface area (Å²) in [6, 6.07) is 24.3. The maximum atomic E-state index is 13.4. The molecule has 0 spiro atoms. The smallest absolute Gasteiger partial charge is 0.269 e. The summed E-state index contributed by atoms with van der Waals surface area (Å²) in [5.41, 5.74) is 3.70. The average molecular weight is 622 g/mol. The number of nitro benzene ring substituents is 1. The van der Waals surface area contributed by atoms with Crippen molar-refractivity contribution >= 4 is 52.2 Å². The molecule has 0 saturated carbocycles. The van der Waals surface area contributed by atoms with Gasteiger partial charge in [0, 0.05) is 42.5 Å². The molecule has 0 fully saturated rings. The summed E-state index contributed by atoms with van der Waals surface area (Å²) >= 11 is 0. The van der Waals surface area contributed by atoms with E-state index in [9.17, 15) is 23.7 Å². The van der Waals surface area contributed by atoms with Gasteiger partial charge in [-0.3, -0.25) is 14.9 Å². The topological polar surface area (TPSA) is 151 Å². The number of hydrogen-bond donors (Lipinski definition) is 3. The van der Waals surface area contributed by atoms with Crippen LogP contribution in [0.3, 0.4) is 0 Å². The van der Waals surface area contributed by atoms with E-state index in [1.54, 1.807) is 48.5 Å². The second kappa shape index (κ2) is 12.7. The Hall–Kier alpha value is -6.31. The Labute approximate surface area is 261 Å². The molecule has 12 nitrogen and oxygen atoms in total. The van der Waals surface area contributed by atoms with Crippen LogP contribution in [0, 0.1) is 21.7 Å². The summed E-state index contributed by atoms with van der Waals surface area (Å²) in [5.74, 6) is -0.534. The van der Waals surface area contributed by atoms with Crippen molar-refractivity contribution in [3.05, 3.63) is 130 Å². The van der Waals surface area contributed by atoms with Crippen LogP contribution in [-0.2, 0) is 4.79 Å². The first-order chi connectivity index (χ1) is 22.2. The van der Waals surface area contributed by atoms with Crippen LogP contribution in [0.5, 0.6) is 0 Å². The number of nitro groups is 1. The van der Waals surface area contributed by atoms with E-state index in [2.05, 4.69) is 36.0 Å². The lowest BCUT2D eigenvalue weighted by Crippen LogP contribution is -2.24. The van der Waals surface area contributed by atoms with E-state index in [-0.39, 0.29) is 41.1 Å². The molecule has 46 heavy (non-hydrogen) atoms. The third-order valence-corrected chi connectivity index (χ3v) is 7.01. The highest BCUT2D eigenvalue weighted by Gasteiger charge is 2.32. The monoisotopic (exact) mass is 621 g/mol. The molecule has 1 aromatic heterocycles. The highest BCUT2D eigenvalue weighted by molar-refractivity contribution is 6.03. The lowest BCUT2D eigenvalue weighted by atomic mass is 9.98. The van der Waals surface area contributed by atoms with Crippen LogP contribution in [0.15, 0.2) is 102 Å². The first-order valence-corrected chi connectivity index (χ1v) is 14.0. The number of aromatic nitrogens is 3. The molecule has 1 atom stereocenters. The van der Waals surface area contributed by atoms with Gasteiger partial charge in [-0.05, 0) is 71.8 Å². The van der Waals surface area contributed by atoms with Gasteiger partial charge >= 0.3 is 0 Å². The molecule has 6 rings (SSSR count). The Balaban J connectivity index is 1.23. The third kappa shape index (κ3) is 6.91. The summed E-state index contributed by atoms with van der Waals surface area (Å²) in [4.78, 5) is 36.5. The summed E-state index contributed by atoms with van der Waals surface area (Å²) in [6.07, 6.45) is 0.373. The molecule has 3 N–H and O–H groups in total. The molecular formula is C32H25F2N9O3. The maximum Gasteiger partial charge on any atom is 0.269 e. The van der Waals surface area contributed by atoms with Crippen molar-refractivity contribution < 1.29 is 18.5 Å². The zero-order chi connectivity index (χ0) is 32.2. The predicted molar refractivity (Wildman–Crippen MR) is 168 cm³/mol. The van der Waals surface area contributed by atoms with Gasteiger partial charge in [-0.2, -0.15) is 20.1 Å². The van der Waals surface area contributed by atoms with E-state index in [1.165, 1.54) is 48.3 Å². The number of carbonyl (C=O) groups excluding carboxylic acids is 1. The number of hydrazone groups is 1. The molecule has 230 valence electrons. The number of carbonyl (C=O) groups is 1. The number of hydrogen-bond acceptors (Lipinski definition) is 10. The Morgan fingerprint density at radius 2 is 1.26 bits per heavy atom. The van der Waals surface area contributed by atoms with Gasteiger partial charge < -0.3 is 16.0 Å². The second-order valence-corrected chi connectivity index (χ2v) is 10.3. The summed E-state index contributed by atoms with van der Waals surface area (Å²) in [5, 5.41) is 26.4. The molecule has 1 amide bonds. The van der Waals surface area contributed by atoms with Gasteiger partial charge in [0.2, 0.25) is 23.8 Å². The minimum absolute atomic E-state index is 0.0599. The van der Waals surface area contributed by atoms with Crippen molar-refractivity contribution in [3.63, 3.8) is 0 Å². The normalized spacial score (nSPS) is 14.0. The fraction of sp³-hybridized carbons (Fsp3) is 0.0938. The molecular weight excluding hydrogens is 596 g/mol. The molecule has 5 aromatic rings. The van der Waals surface area contributed by atoms with Crippen LogP contribution in [0.1, 0.15) is 30.5 Å². The van der Waals surface area contributed by atoms with Crippen molar-refractivity contribution in [2.45, 2.75) is 19.4 Å². The minimum atomic E-state index is -0.477. The first-order valence-electron chi connectivity index (χ1n) is 14.0. The van der Waals surface area contributed by atoms with Crippen LogP contribution in [0.2, 0.25) is 0 Å². The van der Waals surface area contributed by atoms with Crippen molar-refractivity contribution in [3.8, 4) is 0 Å². The van der Waals surface area contributed by atoms with E-state index < -0.39 is 11.0 Å². The zero-order valence-electron chi connectivity index (χ0n) is 24.2. The lowest BCUT2D eigenvalue weighted by Gasteiger charge is -2.20. The number of amides is 1. The summed E-state index contributed by atoms with van der Waals surface area (Å²) in [7, 11) is 0. The standard InChI is InChI=1S/C32H25F2N9O3/c1-19(44)42-29(21-3-2-4-27(17-21)43(45)46)18-28(41-42)20-5-11-24(12-6-20)35-30-38-31(36-25-13-7-22(33)8-14-25)40-32(39-30)37-26-15-9-23(34)10-16-26/h2-17,29H,18H2,1H3,(H3,35,36,37,38,39,40). The molecule has 1 unspecified atom stereocenters. The number of anilines is 6. The van der Waals surface area contributed by atoms with Gasteiger partial charge in [0.05, 0.1) is 16.7 Å². The number of nitrogens with zero attached hydrogens (tertiary/aromatic N) is 6. The van der Waals surface area contributed by atoms with E-state index in [1.807, 2.05) is 12.1 Å². The van der Waals surface area contributed by atoms with Crippen molar-refractivity contribution in [2.24, 2.45) is 5.10 Å². The Morgan fingerprint density at radius 1 is 0.783 bits per heavy atom. The highest BCUT2D eigenvalue weighted by atomic mass is 19.1. The number of nitrogens with one attached hydrogen (secondary N) is 3. The Morgan fingerprint density at radius 3 is 1.72 bits per heavy atom. The number of halogens is 2. The molecule has 0 radical (unpaired) electrons. The molecule has 0 bridgehead atoms. The van der Waals surface area contributed by atoms with Gasteiger partial charge in [-0.15, -0.1) is 0 Å². The van der Waals surface area contributed by atoms with Gasteiger partial charge in [-0.1, -0.05) is 24.3 Å². The van der Waals surface area contributed by atoms with E-state index >= 15 is 0 Å². The molecule has 14 heteroatoms. The van der Waals surface area contributed by atoms with E-state index in [4.69, 9.17) is 0 Å². The molecule has 2 heterocycles. The second-order valence-electron chi connectivity index (χ2n) is 10.3. The van der Waals surface area contributed by atoms with Crippen LogP contribution in [0.4, 0.5) is 49.4 Å². The van der Waals surface area contributed by atoms with Crippen molar-refractivity contribution in [2.75, 3.05) is 16.0 Å². The molecule has 0 aliphatic carbocycles. The van der Waals surface area contributed by atoms with Gasteiger partial charge in [0.25, 0.3) is 5.69 Å². The lowest BCUT2D eigenvalue weighted by molar-refractivity contribution is -0.385. The molecule has 1 aliphatic rings. The number of rotatable bonds is 9. The number of non-ortho nitro benzene ring substituents is 1. The van der Waals surface area contributed by atoms with Crippen LogP contribution in [0.25, 0.3) is 0 Å². The third-order valence-electron chi connectivity index (χ3n) is 7.01. The summed E-state index contributed by atoms with van der Waals surface area (Å²) < 4.78 is 26.8. The average Bonchev–Trinajstić information content (AvgIpc) is 3.50. The van der Waals surface area contributed by atoms with Crippen LogP contribution in [-0.4, -0.2) is 36.5 Å². The Bertz CT molecular complexity index is 1870. The predicted octanol–water partition coefficient (Wildman–Crippen LogP) is 6.99. The fourth-order valence-corrected chi connectivity index (χ4v) is 4.82. The maximum absolute atomic E-state index is 13.4. The first kappa shape index (κ1) is 29.7. The molecule has 1 aliphatic heterocycles. The van der Waals surface area contributed by atoms with Crippen molar-refractivity contribution in [1.82, 2.24) is 20.0 Å². The highest BCUT2D eigenvalue weighted by Crippen LogP contribution is 2.34. The van der Waals surface area contributed by atoms with E-state index in [0.29, 0.717) is 34.8 Å².